The molecule has 1 aromatic rings. The first-order valence-electron chi connectivity index (χ1n) is 5.18. The van der Waals surface area contributed by atoms with Crippen LogP contribution in [0.15, 0.2) is 18.7 Å². The number of hydrogen-bond acceptors (Lipinski definition) is 5. The SMILES string of the molecule is CC1CN(NC(=O)c2cncnc2)CCO1. The Labute approximate surface area is 93.6 Å². The molecule has 0 spiro atoms. The van der Waals surface area contributed by atoms with Gasteiger partial charge in [0.05, 0.1) is 18.3 Å². The molecule has 0 aliphatic carbocycles. The summed E-state index contributed by atoms with van der Waals surface area (Å²) in [5.41, 5.74) is 3.26. The van der Waals surface area contributed by atoms with Gasteiger partial charge in [0.15, 0.2) is 0 Å². The van der Waals surface area contributed by atoms with E-state index in [2.05, 4.69) is 15.4 Å². The first-order valence-corrected chi connectivity index (χ1v) is 5.18. The van der Waals surface area contributed by atoms with Crippen LogP contribution in [-0.2, 0) is 4.74 Å². The Morgan fingerprint density at radius 2 is 2.31 bits per heavy atom. The van der Waals surface area contributed by atoms with E-state index in [1.807, 2.05) is 11.9 Å². The van der Waals surface area contributed by atoms with Crippen molar-refractivity contribution >= 4 is 5.91 Å². The van der Waals surface area contributed by atoms with Gasteiger partial charge in [0.2, 0.25) is 0 Å². The lowest BCUT2D eigenvalue weighted by atomic mass is 10.3. The molecule has 1 N–H and O–H groups in total. The minimum atomic E-state index is -0.185. The van der Waals surface area contributed by atoms with Crippen molar-refractivity contribution in [2.45, 2.75) is 13.0 Å². The van der Waals surface area contributed by atoms with Crippen LogP contribution in [0, 0.1) is 0 Å². The van der Waals surface area contributed by atoms with Gasteiger partial charge < -0.3 is 4.74 Å². The molecule has 0 bridgehead atoms. The van der Waals surface area contributed by atoms with Crippen molar-refractivity contribution in [1.82, 2.24) is 20.4 Å². The van der Waals surface area contributed by atoms with E-state index in [4.69, 9.17) is 4.74 Å². The first kappa shape index (κ1) is 11.0. The number of amides is 1. The predicted molar refractivity (Wildman–Crippen MR) is 56.5 cm³/mol. The minimum absolute atomic E-state index is 0.140. The summed E-state index contributed by atoms with van der Waals surface area (Å²) in [6, 6.07) is 0. The van der Waals surface area contributed by atoms with Gasteiger partial charge in [-0.3, -0.25) is 10.2 Å². The van der Waals surface area contributed by atoms with Crippen LogP contribution < -0.4 is 5.43 Å². The fraction of sp³-hybridized carbons (Fsp3) is 0.500. The molecule has 1 amide bonds. The molecule has 0 aromatic carbocycles. The maximum Gasteiger partial charge on any atom is 0.268 e. The van der Waals surface area contributed by atoms with Gasteiger partial charge in [0.1, 0.15) is 6.33 Å². The monoisotopic (exact) mass is 222 g/mol. The summed E-state index contributed by atoms with van der Waals surface area (Å²) >= 11 is 0. The number of carbonyl (C=O) groups is 1. The third kappa shape index (κ3) is 2.74. The molecular weight excluding hydrogens is 208 g/mol. The largest absolute Gasteiger partial charge is 0.376 e. The van der Waals surface area contributed by atoms with Gasteiger partial charge in [-0.2, -0.15) is 0 Å². The highest BCUT2D eigenvalue weighted by Gasteiger charge is 2.18. The van der Waals surface area contributed by atoms with Gasteiger partial charge in [-0.15, -0.1) is 0 Å². The molecule has 0 saturated carbocycles. The minimum Gasteiger partial charge on any atom is -0.376 e. The molecule has 6 heteroatoms. The molecule has 16 heavy (non-hydrogen) atoms. The Kier molecular flexibility index (Phi) is 3.43. The fourth-order valence-corrected chi connectivity index (χ4v) is 1.54. The van der Waals surface area contributed by atoms with Gasteiger partial charge in [0.25, 0.3) is 5.91 Å². The highest BCUT2D eigenvalue weighted by molar-refractivity contribution is 5.93. The molecule has 86 valence electrons. The molecule has 0 radical (unpaired) electrons. The summed E-state index contributed by atoms with van der Waals surface area (Å²) in [5, 5.41) is 1.85. The number of morpholine rings is 1. The Balaban J connectivity index is 1.92. The molecular formula is C10H14N4O2. The number of hydrogen-bond donors (Lipinski definition) is 1. The van der Waals surface area contributed by atoms with Crippen molar-refractivity contribution in [2.75, 3.05) is 19.7 Å². The van der Waals surface area contributed by atoms with Crippen molar-refractivity contribution in [2.24, 2.45) is 0 Å². The maximum absolute atomic E-state index is 11.7. The highest BCUT2D eigenvalue weighted by Crippen LogP contribution is 2.02. The lowest BCUT2D eigenvalue weighted by molar-refractivity contribution is -0.0342. The Hall–Kier alpha value is -1.53. The summed E-state index contributed by atoms with van der Waals surface area (Å²) in [4.78, 5) is 19.3. The number of nitrogens with zero attached hydrogens (tertiary/aromatic N) is 3. The van der Waals surface area contributed by atoms with Crippen LogP contribution in [-0.4, -0.2) is 46.7 Å². The lowest BCUT2D eigenvalue weighted by Crippen LogP contribution is -2.50. The fourth-order valence-electron chi connectivity index (χ4n) is 1.54. The molecule has 6 nitrogen and oxygen atoms in total. The van der Waals surface area contributed by atoms with Crippen LogP contribution in [0.25, 0.3) is 0 Å². The van der Waals surface area contributed by atoms with Crippen LogP contribution >= 0.6 is 0 Å². The summed E-state index contributed by atoms with van der Waals surface area (Å²) < 4.78 is 5.38. The number of rotatable bonds is 2. The number of carbonyl (C=O) groups excluding carboxylic acids is 1. The standard InChI is InChI=1S/C10H14N4O2/c1-8-6-14(2-3-16-8)13-10(15)9-4-11-7-12-5-9/h4-5,7-8H,2-3,6H2,1H3,(H,13,15). The molecule has 1 aliphatic rings. The van der Waals surface area contributed by atoms with Gasteiger partial charge in [0, 0.05) is 25.5 Å². The number of hydrazine groups is 1. The molecule has 2 rings (SSSR count). The zero-order valence-corrected chi connectivity index (χ0v) is 9.09. The predicted octanol–water partition coefficient (Wildman–Crippen LogP) is -0.158. The van der Waals surface area contributed by atoms with Gasteiger partial charge in [-0.05, 0) is 6.92 Å². The van der Waals surface area contributed by atoms with Crippen molar-refractivity contribution in [1.29, 1.82) is 0 Å². The van der Waals surface area contributed by atoms with E-state index in [9.17, 15) is 4.79 Å². The Morgan fingerprint density at radius 3 is 3.00 bits per heavy atom. The third-order valence-corrected chi connectivity index (χ3v) is 2.32. The molecule has 1 aromatic heterocycles. The smallest absolute Gasteiger partial charge is 0.268 e. The van der Waals surface area contributed by atoms with Crippen LogP contribution in [0.4, 0.5) is 0 Å². The maximum atomic E-state index is 11.7. The Bertz CT molecular complexity index is 357. The van der Waals surface area contributed by atoms with E-state index in [0.717, 1.165) is 0 Å². The second kappa shape index (κ2) is 5.00. The highest BCUT2D eigenvalue weighted by atomic mass is 16.5. The summed E-state index contributed by atoms with van der Waals surface area (Å²) in [7, 11) is 0. The van der Waals surface area contributed by atoms with Gasteiger partial charge >= 0.3 is 0 Å². The second-order valence-electron chi connectivity index (χ2n) is 3.70. The van der Waals surface area contributed by atoms with Gasteiger partial charge in [-0.25, -0.2) is 15.0 Å². The summed E-state index contributed by atoms with van der Waals surface area (Å²) in [5.74, 6) is -0.185. The van der Waals surface area contributed by atoms with E-state index >= 15 is 0 Å². The second-order valence-corrected chi connectivity index (χ2v) is 3.70. The van der Waals surface area contributed by atoms with E-state index in [1.165, 1.54) is 18.7 Å². The topological polar surface area (TPSA) is 67.4 Å². The zero-order chi connectivity index (χ0) is 11.4. The van der Waals surface area contributed by atoms with Gasteiger partial charge in [-0.1, -0.05) is 0 Å². The number of ether oxygens (including phenoxy) is 1. The molecule has 1 fully saturated rings. The molecule has 1 aliphatic heterocycles. The van der Waals surface area contributed by atoms with E-state index < -0.39 is 0 Å². The van der Waals surface area contributed by atoms with Crippen LogP contribution in [0.5, 0.6) is 0 Å². The lowest BCUT2D eigenvalue weighted by Gasteiger charge is -2.30. The molecule has 1 unspecified atom stereocenters. The normalized spacial score (nSPS) is 21.7. The summed E-state index contributed by atoms with van der Waals surface area (Å²) in [6.45, 7) is 4.00. The van der Waals surface area contributed by atoms with E-state index in [-0.39, 0.29) is 12.0 Å². The molecule has 1 saturated heterocycles. The number of nitrogens with one attached hydrogen (secondary N) is 1. The van der Waals surface area contributed by atoms with Crippen molar-refractivity contribution < 1.29 is 9.53 Å². The molecule has 1 atom stereocenters. The van der Waals surface area contributed by atoms with Crippen LogP contribution in [0.3, 0.4) is 0 Å². The van der Waals surface area contributed by atoms with Crippen LogP contribution in [0.1, 0.15) is 17.3 Å². The van der Waals surface area contributed by atoms with Crippen molar-refractivity contribution in [3.63, 3.8) is 0 Å². The quantitative estimate of drug-likeness (QED) is 0.753. The first-order chi connectivity index (χ1) is 7.75. The third-order valence-electron chi connectivity index (χ3n) is 2.32. The van der Waals surface area contributed by atoms with Crippen molar-refractivity contribution in [3.8, 4) is 0 Å². The summed E-state index contributed by atoms with van der Waals surface area (Å²) in [6.07, 6.45) is 4.52. The zero-order valence-electron chi connectivity index (χ0n) is 9.09. The van der Waals surface area contributed by atoms with Crippen molar-refractivity contribution in [3.05, 3.63) is 24.3 Å². The molecule has 2 heterocycles. The average Bonchev–Trinajstić information content (AvgIpc) is 2.30. The number of aromatic nitrogens is 2. The van der Waals surface area contributed by atoms with E-state index in [0.29, 0.717) is 25.3 Å². The van der Waals surface area contributed by atoms with E-state index in [1.54, 1.807) is 0 Å². The average molecular weight is 222 g/mol. The Morgan fingerprint density at radius 1 is 1.56 bits per heavy atom. The van der Waals surface area contributed by atoms with Crippen LogP contribution in [0.2, 0.25) is 0 Å².